The number of carbonyl (C=O) groups excluding carboxylic acids is 2. The lowest BCUT2D eigenvalue weighted by Gasteiger charge is -2.24. The topological polar surface area (TPSA) is 99.6 Å². The molecule has 0 bridgehead atoms. The van der Waals surface area contributed by atoms with Gasteiger partial charge in [-0.15, -0.1) is 0 Å². The number of aromatic nitrogens is 1. The maximum Gasteiger partial charge on any atom is 0.326 e. The molecule has 0 saturated carbocycles. The molecule has 1 saturated heterocycles. The predicted molar refractivity (Wildman–Crippen MR) is 131 cm³/mol. The summed E-state index contributed by atoms with van der Waals surface area (Å²) in [5, 5.41) is 14.2. The average molecular weight is 500 g/mol. The molecule has 176 valence electrons. The van der Waals surface area contributed by atoms with Crippen LogP contribution in [0.2, 0.25) is 10.0 Å². The molecule has 0 radical (unpaired) electrons. The lowest BCUT2D eigenvalue weighted by molar-refractivity contribution is -0.143. The van der Waals surface area contributed by atoms with E-state index < -0.39 is 24.0 Å². The van der Waals surface area contributed by atoms with Crippen molar-refractivity contribution in [3.05, 3.63) is 64.1 Å². The van der Waals surface area contributed by atoms with Crippen LogP contribution in [0.4, 0.5) is 0 Å². The summed E-state index contributed by atoms with van der Waals surface area (Å²) in [4.78, 5) is 42.5. The molecule has 7 nitrogen and oxygen atoms in total. The first kappa shape index (κ1) is 24.0. The van der Waals surface area contributed by atoms with E-state index in [9.17, 15) is 19.5 Å². The molecule has 2 heterocycles. The molecule has 4 rings (SSSR count). The molecule has 2 atom stereocenters. The van der Waals surface area contributed by atoms with Gasteiger partial charge in [0, 0.05) is 35.9 Å². The van der Waals surface area contributed by atoms with Crippen molar-refractivity contribution in [3.8, 4) is 11.3 Å². The minimum Gasteiger partial charge on any atom is -0.480 e. The Hall–Kier alpha value is -3.16. The van der Waals surface area contributed by atoms with E-state index in [1.165, 1.54) is 11.8 Å². The highest BCUT2D eigenvalue weighted by atomic mass is 35.5. The molecule has 0 aliphatic carbocycles. The lowest BCUT2D eigenvalue weighted by atomic mass is 10.0. The second-order valence-electron chi connectivity index (χ2n) is 8.32. The molecule has 2 amide bonds. The van der Waals surface area contributed by atoms with E-state index >= 15 is 0 Å². The van der Waals surface area contributed by atoms with Crippen LogP contribution < -0.4 is 5.32 Å². The molecule has 1 aromatic heterocycles. The van der Waals surface area contributed by atoms with Gasteiger partial charge in [-0.2, -0.15) is 0 Å². The third kappa shape index (κ3) is 5.16. The maximum atomic E-state index is 12.7. The van der Waals surface area contributed by atoms with Crippen molar-refractivity contribution < 1.29 is 19.5 Å². The summed E-state index contributed by atoms with van der Waals surface area (Å²) in [5.41, 5.74) is 2.93. The highest BCUT2D eigenvalue weighted by Gasteiger charge is 2.34. The molecule has 1 fully saturated rings. The Balaban J connectivity index is 1.52. The summed E-state index contributed by atoms with van der Waals surface area (Å²) < 4.78 is 0. The number of halogens is 2. The molecular weight excluding hydrogens is 477 g/mol. The van der Waals surface area contributed by atoms with Gasteiger partial charge in [-0.05, 0) is 54.8 Å². The van der Waals surface area contributed by atoms with Crippen LogP contribution in [-0.4, -0.2) is 51.4 Å². The van der Waals surface area contributed by atoms with Crippen LogP contribution in [0.3, 0.4) is 0 Å². The van der Waals surface area contributed by atoms with Crippen LogP contribution >= 0.6 is 23.2 Å². The normalized spacial score (nSPS) is 16.4. The third-order valence-corrected chi connectivity index (χ3v) is 6.52. The van der Waals surface area contributed by atoms with Crippen LogP contribution in [0.5, 0.6) is 0 Å². The highest BCUT2D eigenvalue weighted by molar-refractivity contribution is 6.36. The zero-order valence-corrected chi connectivity index (χ0v) is 19.9. The number of hydrogen-bond donors (Lipinski definition) is 2. The van der Waals surface area contributed by atoms with Gasteiger partial charge in [-0.25, -0.2) is 9.78 Å². The first-order valence-electron chi connectivity index (χ1n) is 10.9. The number of amides is 2. The molecule has 34 heavy (non-hydrogen) atoms. The molecule has 1 aliphatic rings. The zero-order chi connectivity index (χ0) is 24.4. The van der Waals surface area contributed by atoms with Crippen LogP contribution in [0.1, 0.15) is 25.3 Å². The summed E-state index contributed by atoms with van der Waals surface area (Å²) in [5.74, 6) is -1.76. The highest BCUT2D eigenvalue weighted by Crippen LogP contribution is 2.30. The van der Waals surface area contributed by atoms with Crippen molar-refractivity contribution in [1.82, 2.24) is 15.2 Å². The molecule has 9 heteroatoms. The first-order valence-corrected chi connectivity index (χ1v) is 11.6. The third-order valence-electron chi connectivity index (χ3n) is 5.98. The number of likely N-dealkylation sites (tertiary alicyclic amines) is 1. The number of fused-ring (bicyclic) bond motifs is 1. The molecule has 2 N–H and O–H groups in total. The van der Waals surface area contributed by atoms with Crippen molar-refractivity contribution >= 4 is 51.9 Å². The van der Waals surface area contributed by atoms with Gasteiger partial charge in [-0.1, -0.05) is 35.3 Å². The zero-order valence-electron chi connectivity index (χ0n) is 18.4. The monoisotopic (exact) mass is 499 g/mol. The van der Waals surface area contributed by atoms with Crippen LogP contribution in [-0.2, 0) is 20.8 Å². The number of rotatable bonds is 6. The second-order valence-corrected chi connectivity index (χ2v) is 9.17. The Morgan fingerprint density at radius 3 is 2.65 bits per heavy atom. The second kappa shape index (κ2) is 9.99. The van der Waals surface area contributed by atoms with Gasteiger partial charge in [0.15, 0.2) is 0 Å². The Bertz CT molecular complexity index is 1280. The molecular formula is C25H23Cl2N3O4. The smallest absolute Gasteiger partial charge is 0.326 e. The number of benzene rings is 2. The standard InChI is InChI=1S/C25H23Cl2N3O4/c1-14(31)30-10-2-3-23(30)24(32)29-22(25(33)34)12-15-4-8-20-16(11-15)5-9-21(28-20)18-7-6-17(26)13-19(18)27/h4-9,11,13,22-23H,2-3,10,12H2,1H3,(H,29,32)(H,33,34). The van der Waals surface area contributed by atoms with Crippen LogP contribution in [0.15, 0.2) is 48.5 Å². The summed E-state index contributed by atoms with van der Waals surface area (Å²) in [6, 6.07) is 12.7. The van der Waals surface area contributed by atoms with Gasteiger partial charge in [0.25, 0.3) is 0 Å². The summed E-state index contributed by atoms with van der Waals surface area (Å²) in [7, 11) is 0. The summed E-state index contributed by atoms with van der Waals surface area (Å²) >= 11 is 12.3. The molecule has 3 aromatic rings. The van der Waals surface area contributed by atoms with Crippen LogP contribution in [0.25, 0.3) is 22.2 Å². The summed E-state index contributed by atoms with van der Waals surface area (Å²) in [6.45, 7) is 1.92. The van der Waals surface area contributed by atoms with E-state index in [0.717, 1.165) is 28.5 Å². The number of nitrogens with one attached hydrogen (secondary N) is 1. The SMILES string of the molecule is CC(=O)N1CCCC1C(=O)NC(Cc1ccc2nc(-c3ccc(Cl)cc3Cl)ccc2c1)C(=O)O. The van der Waals surface area contributed by atoms with Crippen LogP contribution in [0, 0.1) is 0 Å². The van der Waals surface area contributed by atoms with E-state index in [1.807, 2.05) is 30.3 Å². The van der Waals surface area contributed by atoms with E-state index in [0.29, 0.717) is 28.7 Å². The number of nitrogens with zero attached hydrogens (tertiary/aromatic N) is 2. The molecule has 2 unspecified atom stereocenters. The van der Waals surface area contributed by atoms with Crippen molar-refractivity contribution in [2.24, 2.45) is 0 Å². The number of aliphatic carboxylic acids is 1. The van der Waals surface area contributed by atoms with E-state index in [1.54, 1.807) is 18.2 Å². The maximum absolute atomic E-state index is 12.7. The van der Waals surface area contributed by atoms with Crippen molar-refractivity contribution in [2.45, 2.75) is 38.3 Å². The fraction of sp³-hybridized carbons (Fsp3) is 0.280. The van der Waals surface area contributed by atoms with Gasteiger partial charge in [0.1, 0.15) is 12.1 Å². The van der Waals surface area contributed by atoms with Gasteiger partial charge in [0.2, 0.25) is 11.8 Å². The molecule has 1 aliphatic heterocycles. The first-order chi connectivity index (χ1) is 16.2. The number of carboxylic acid groups (broad SMARTS) is 1. The fourth-order valence-corrected chi connectivity index (χ4v) is 4.77. The van der Waals surface area contributed by atoms with Gasteiger partial charge < -0.3 is 15.3 Å². The largest absolute Gasteiger partial charge is 0.480 e. The average Bonchev–Trinajstić information content (AvgIpc) is 3.29. The minimum absolute atomic E-state index is 0.106. The quantitative estimate of drug-likeness (QED) is 0.525. The fourth-order valence-electron chi connectivity index (χ4n) is 4.27. The molecule has 2 aromatic carbocycles. The minimum atomic E-state index is -1.13. The number of hydrogen-bond acceptors (Lipinski definition) is 4. The lowest BCUT2D eigenvalue weighted by Crippen LogP contribution is -2.51. The van der Waals surface area contributed by atoms with Crippen molar-refractivity contribution in [3.63, 3.8) is 0 Å². The van der Waals surface area contributed by atoms with E-state index in [-0.39, 0.29) is 12.3 Å². The van der Waals surface area contributed by atoms with Gasteiger partial charge >= 0.3 is 5.97 Å². The van der Waals surface area contributed by atoms with Gasteiger partial charge in [0.05, 0.1) is 16.2 Å². The number of carbonyl (C=O) groups is 3. The van der Waals surface area contributed by atoms with E-state index in [4.69, 9.17) is 23.2 Å². The molecule has 0 spiro atoms. The predicted octanol–water partition coefficient (Wildman–Crippen LogP) is 4.33. The van der Waals surface area contributed by atoms with E-state index in [2.05, 4.69) is 10.3 Å². The van der Waals surface area contributed by atoms with Crippen molar-refractivity contribution in [1.29, 1.82) is 0 Å². The number of pyridine rings is 1. The Morgan fingerprint density at radius 1 is 1.15 bits per heavy atom. The number of carboxylic acids is 1. The Morgan fingerprint density at radius 2 is 1.94 bits per heavy atom. The summed E-state index contributed by atoms with van der Waals surface area (Å²) in [6.07, 6.45) is 1.35. The van der Waals surface area contributed by atoms with Gasteiger partial charge in [-0.3, -0.25) is 9.59 Å². The van der Waals surface area contributed by atoms with Crippen molar-refractivity contribution in [2.75, 3.05) is 6.54 Å². The Labute approximate surface area is 206 Å². The Kier molecular flexibility index (Phi) is 7.05.